The molecular formula is C13H23ClN4O3S. The number of hydrogen-bond acceptors (Lipinski definition) is 5. The Morgan fingerprint density at radius 3 is 2.45 bits per heavy atom. The Morgan fingerprint density at radius 2 is 2.00 bits per heavy atom. The van der Waals surface area contributed by atoms with Crippen molar-refractivity contribution in [1.82, 2.24) is 15.6 Å². The third-order valence-electron chi connectivity index (χ3n) is 2.86. The molecule has 7 nitrogen and oxygen atoms in total. The molecule has 9 heteroatoms. The van der Waals surface area contributed by atoms with Crippen LogP contribution in [0.1, 0.15) is 27.2 Å². The highest BCUT2D eigenvalue weighted by atomic mass is 35.5. The minimum atomic E-state index is -0.809. The van der Waals surface area contributed by atoms with Crippen molar-refractivity contribution in [3.63, 3.8) is 0 Å². The largest absolute Gasteiger partial charge is 0.352 e. The summed E-state index contributed by atoms with van der Waals surface area (Å²) >= 11 is 1.51. The zero-order valence-corrected chi connectivity index (χ0v) is 14.8. The van der Waals surface area contributed by atoms with Gasteiger partial charge in [0.05, 0.1) is 6.04 Å². The Morgan fingerprint density at radius 1 is 1.36 bits per heavy atom. The predicted octanol–water partition coefficient (Wildman–Crippen LogP) is 0.594. The number of carbonyl (C=O) groups is 3. The van der Waals surface area contributed by atoms with E-state index in [1.807, 2.05) is 25.8 Å². The predicted molar refractivity (Wildman–Crippen MR) is 90.0 cm³/mol. The lowest BCUT2D eigenvalue weighted by Gasteiger charge is -2.17. The summed E-state index contributed by atoms with van der Waals surface area (Å²) < 4.78 is 0. The van der Waals surface area contributed by atoms with E-state index < -0.39 is 17.7 Å². The number of carbonyl (C=O) groups excluding carboxylic acids is 3. The van der Waals surface area contributed by atoms with Crippen molar-refractivity contribution in [3.8, 4) is 0 Å². The van der Waals surface area contributed by atoms with Gasteiger partial charge >= 0.3 is 5.91 Å². The summed E-state index contributed by atoms with van der Waals surface area (Å²) in [6.45, 7) is 6.02. The lowest BCUT2D eigenvalue weighted by molar-refractivity contribution is -0.140. The Balaban J connectivity index is 0.00000441. The highest BCUT2D eigenvalue weighted by Gasteiger charge is 2.27. The zero-order chi connectivity index (χ0) is 16.0. The Labute approximate surface area is 141 Å². The normalized spacial score (nSPS) is 17.1. The fraction of sp³-hybridized carbons (Fsp3) is 0.692. The molecule has 0 aromatic rings. The zero-order valence-electron chi connectivity index (χ0n) is 13.2. The molecule has 2 N–H and O–H groups in total. The van der Waals surface area contributed by atoms with Crippen molar-refractivity contribution in [2.24, 2.45) is 11.0 Å². The third kappa shape index (κ3) is 6.65. The van der Waals surface area contributed by atoms with Crippen LogP contribution in [0.25, 0.3) is 0 Å². The molecule has 0 bridgehead atoms. The second kappa shape index (κ2) is 9.68. The van der Waals surface area contributed by atoms with Crippen molar-refractivity contribution >= 4 is 46.9 Å². The second-order valence-electron chi connectivity index (χ2n) is 5.35. The lowest BCUT2D eigenvalue weighted by Crippen LogP contribution is -2.46. The van der Waals surface area contributed by atoms with Crippen LogP contribution < -0.4 is 10.7 Å². The summed E-state index contributed by atoms with van der Waals surface area (Å²) in [5, 5.41) is 7.13. The monoisotopic (exact) mass is 350 g/mol. The average Bonchev–Trinajstić information content (AvgIpc) is 2.78. The van der Waals surface area contributed by atoms with E-state index in [1.165, 1.54) is 18.7 Å². The van der Waals surface area contributed by atoms with Crippen LogP contribution in [0.2, 0.25) is 0 Å². The number of ketones is 1. The van der Waals surface area contributed by atoms with Gasteiger partial charge in [-0.3, -0.25) is 14.4 Å². The van der Waals surface area contributed by atoms with Gasteiger partial charge in [-0.15, -0.1) is 17.5 Å². The first-order chi connectivity index (χ1) is 9.81. The number of Topliss-reactive ketones (excluding diaryl/α,β-unsaturated/α-hetero) is 1. The van der Waals surface area contributed by atoms with Gasteiger partial charge in [-0.2, -0.15) is 0 Å². The number of halogens is 1. The van der Waals surface area contributed by atoms with E-state index in [9.17, 15) is 14.4 Å². The summed E-state index contributed by atoms with van der Waals surface area (Å²) in [6.07, 6.45) is 0.414. The second-order valence-corrected chi connectivity index (χ2v) is 6.41. The molecule has 0 aromatic heterocycles. The molecule has 1 aliphatic rings. The third-order valence-corrected chi connectivity index (χ3v) is 3.91. The molecule has 0 radical (unpaired) electrons. The molecule has 1 saturated heterocycles. The molecule has 0 saturated carbocycles. The van der Waals surface area contributed by atoms with Gasteiger partial charge in [0.15, 0.2) is 5.17 Å². The quantitative estimate of drug-likeness (QED) is 0.540. The van der Waals surface area contributed by atoms with Gasteiger partial charge in [0.2, 0.25) is 11.7 Å². The van der Waals surface area contributed by atoms with E-state index in [1.54, 1.807) is 0 Å². The fourth-order valence-corrected chi connectivity index (χ4v) is 2.83. The molecule has 22 heavy (non-hydrogen) atoms. The highest BCUT2D eigenvalue weighted by Crippen LogP contribution is 2.14. The van der Waals surface area contributed by atoms with Crippen LogP contribution in [0.3, 0.4) is 0 Å². The maximum absolute atomic E-state index is 12.1. The summed E-state index contributed by atoms with van der Waals surface area (Å²) in [6, 6.07) is -0.809. The number of amides is 2. The molecule has 1 aliphatic heterocycles. The SMILES string of the molecule is CC(=O)N[C@@H](CC(C)C)C(=O)C(=O)N/N=C1\SCCN1C.Cl. The number of rotatable bonds is 6. The summed E-state index contributed by atoms with van der Waals surface area (Å²) in [5.74, 6) is -0.724. The van der Waals surface area contributed by atoms with Crippen LogP contribution in [0.4, 0.5) is 0 Å². The first-order valence-corrected chi connectivity index (χ1v) is 7.82. The fourth-order valence-electron chi connectivity index (χ4n) is 1.86. The molecule has 0 spiro atoms. The molecular weight excluding hydrogens is 328 g/mol. The Hall–Kier alpha value is -1.28. The molecule has 1 fully saturated rings. The van der Waals surface area contributed by atoms with Crippen molar-refractivity contribution in [2.75, 3.05) is 19.3 Å². The van der Waals surface area contributed by atoms with Crippen molar-refractivity contribution < 1.29 is 14.4 Å². The van der Waals surface area contributed by atoms with E-state index in [0.29, 0.717) is 11.6 Å². The van der Waals surface area contributed by atoms with E-state index in [4.69, 9.17) is 0 Å². The number of hydrogen-bond donors (Lipinski definition) is 2. The van der Waals surface area contributed by atoms with Crippen LogP contribution >= 0.6 is 24.2 Å². The first kappa shape index (κ1) is 20.7. The Kier molecular flexibility index (Phi) is 9.12. The smallest absolute Gasteiger partial charge is 0.309 e. The van der Waals surface area contributed by atoms with Gasteiger partial charge in [0, 0.05) is 26.3 Å². The standard InChI is InChI=1S/C13H22N4O3S.ClH/c1-8(2)7-10(14-9(3)18)11(19)12(20)15-16-13-17(4)5-6-21-13;/h8,10H,5-7H2,1-4H3,(H,14,18)(H,15,20);1H/b16-13-;/t10-;/m0./s1. The summed E-state index contributed by atoms with van der Waals surface area (Å²) in [7, 11) is 1.87. The van der Waals surface area contributed by atoms with Gasteiger partial charge in [0.25, 0.3) is 0 Å². The van der Waals surface area contributed by atoms with Crippen molar-refractivity contribution in [3.05, 3.63) is 0 Å². The molecule has 1 rings (SSSR count). The summed E-state index contributed by atoms with van der Waals surface area (Å²) in [4.78, 5) is 37.0. The van der Waals surface area contributed by atoms with Crippen LogP contribution in [0, 0.1) is 5.92 Å². The average molecular weight is 351 g/mol. The first-order valence-electron chi connectivity index (χ1n) is 6.84. The maximum Gasteiger partial charge on any atom is 0.309 e. The molecule has 0 unspecified atom stereocenters. The molecule has 1 atom stereocenters. The van der Waals surface area contributed by atoms with Gasteiger partial charge in [-0.05, 0) is 12.3 Å². The van der Waals surface area contributed by atoms with Crippen LogP contribution in [-0.4, -0.2) is 53.1 Å². The molecule has 0 aromatic carbocycles. The minimum Gasteiger partial charge on any atom is -0.352 e. The molecule has 126 valence electrons. The minimum absolute atomic E-state index is 0. The molecule has 2 amide bonds. The number of hydrazone groups is 1. The maximum atomic E-state index is 12.1. The van der Waals surface area contributed by atoms with Crippen molar-refractivity contribution in [2.45, 2.75) is 33.2 Å². The molecule has 1 heterocycles. The summed E-state index contributed by atoms with van der Waals surface area (Å²) in [5.41, 5.74) is 2.27. The highest BCUT2D eigenvalue weighted by molar-refractivity contribution is 8.14. The van der Waals surface area contributed by atoms with Gasteiger partial charge in [-0.25, -0.2) is 5.43 Å². The van der Waals surface area contributed by atoms with E-state index in [2.05, 4.69) is 15.8 Å². The number of thioether (sulfide) groups is 1. The van der Waals surface area contributed by atoms with Crippen LogP contribution in [0.5, 0.6) is 0 Å². The van der Waals surface area contributed by atoms with Crippen LogP contribution in [-0.2, 0) is 14.4 Å². The van der Waals surface area contributed by atoms with Gasteiger partial charge < -0.3 is 10.2 Å². The van der Waals surface area contributed by atoms with Crippen LogP contribution in [0.15, 0.2) is 5.10 Å². The van der Waals surface area contributed by atoms with Gasteiger partial charge in [-0.1, -0.05) is 25.6 Å². The lowest BCUT2D eigenvalue weighted by atomic mass is 10.00. The Bertz CT molecular complexity index is 457. The van der Waals surface area contributed by atoms with E-state index in [0.717, 1.165) is 12.3 Å². The number of nitrogens with one attached hydrogen (secondary N) is 2. The number of amidine groups is 1. The van der Waals surface area contributed by atoms with E-state index in [-0.39, 0.29) is 24.2 Å². The topological polar surface area (TPSA) is 90.9 Å². The van der Waals surface area contributed by atoms with Gasteiger partial charge in [0.1, 0.15) is 0 Å². The number of nitrogens with zero attached hydrogens (tertiary/aromatic N) is 2. The van der Waals surface area contributed by atoms with Crippen molar-refractivity contribution in [1.29, 1.82) is 0 Å². The molecule has 0 aliphatic carbocycles. The van der Waals surface area contributed by atoms with E-state index >= 15 is 0 Å².